The summed E-state index contributed by atoms with van der Waals surface area (Å²) in [5, 5.41) is 3.61. The second-order valence-electron chi connectivity index (χ2n) is 6.75. The van der Waals surface area contributed by atoms with Crippen LogP contribution in [0.3, 0.4) is 0 Å². The molecule has 8 heteroatoms. The average Bonchev–Trinajstić information content (AvgIpc) is 2.54. The van der Waals surface area contributed by atoms with E-state index in [-0.39, 0.29) is 10.3 Å². The summed E-state index contributed by atoms with van der Waals surface area (Å²) in [5.74, 6) is 0. The maximum Gasteiger partial charge on any atom is 0.416 e. The molecule has 0 heterocycles. The highest BCUT2D eigenvalue weighted by Crippen LogP contribution is 2.29. The molecule has 0 aromatic heterocycles. The summed E-state index contributed by atoms with van der Waals surface area (Å²) in [4.78, 5) is 2.10. The standard InChI is InChI=1S/C18H19F3N2O2S/c1-17(2,3)14-8-10-16(11-9-14)26(24,25)23-22-12-13-4-6-15(7-5-13)18(19,20)21/h4-12,23H,1-3H3/b22-12-. The molecule has 0 saturated carbocycles. The van der Waals surface area contributed by atoms with Gasteiger partial charge in [0.25, 0.3) is 10.0 Å². The molecule has 0 spiro atoms. The van der Waals surface area contributed by atoms with Gasteiger partial charge in [0.1, 0.15) is 0 Å². The first-order valence-electron chi connectivity index (χ1n) is 7.72. The molecule has 0 bridgehead atoms. The van der Waals surface area contributed by atoms with Crippen molar-refractivity contribution in [2.45, 2.75) is 37.3 Å². The van der Waals surface area contributed by atoms with Crippen LogP contribution in [0.15, 0.2) is 58.5 Å². The zero-order chi connectivity index (χ0) is 19.6. The van der Waals surface area contributed by atoms with Crippen molar-refractivity contribution in [1.29, 1.82) is 0 Å². The lowest BCUT2D eigenvalue weighted by molar-refractivity contribution is -0.137. The molecule has 0 aliphatic rings. The van der Waals surface area contributed by atoms with Gasteiger partial charge in [-0.15, -0.1) is 0 Å². The van der Waals surface area contributed by atoms with E-state index < -0.39 is 21.8 Å². The van der Waals surface area contributed by atoms with E-state index in [1.807, 2.05) is 25.6 Å². The number of hydrogen-bond acceptors (Lipinski definition) is 3. The maximum absolute atomic E-state index is 12.5. The number of sulfonamides is 1. The summed E-state index contributed by atoms with van der Waals surface area (Å²) >= 11 is 0. The first-order valence-corrected chi connectivity index (χ1v) is 9.20. The largest absolute Gasteiger partial charge is 0.416 e. The molecule has 0 saturated heterocycles. The van der Waals surface area contributed by atoms with Crippen molar-refractivity contribution < 1.29 is 21.6 Å². The number of hydrazone groups is 1. The second-order valence-corrected chi connectivity index (χ2v) is 8.41. The number of nitrogens with zero attached hydrogens (tertiary/aromatic N) is 1. The fourth-order valence-electron chi connectivity index (χ4n) is 2.12. The minimum Gasteiger partial charge on any atom is -0.200 e. The van der Waals surface area contributed by atoms with E-state index in [4.69, 9.17) is 0 Å². The molecule has 140 valence electrons. The Morgan fingerprint density at radius 3 is 1.85 bits per heavy atom. The molecule has 0 aliphatic carbocycles. The van der Waals surface area contributed by atoms with Crippen LogP contribution in [0.1, 0.15) is 37.5 Å². The molecule has 0 radical (unpaired) electrons. The first-order chi connectivity index (χ1) is 11.9. The predicted molar refractivity (Wildman–Crippen MR) is 94.5 cm³/mol. The summed E-state index contributed by atoms with van der Waals surface area (Å²) in [6.07, 6.45) is -3.28. The Morgan fingerprint density at radius 2 is 1.38 bits per heavy atom. The third-order valence-electron chi connectivity index (χ3n) is 3.66. The van der Waals surface area contributed by atoms with Crippen molar-refractivity contribution in [3.8, 4) is 0 Å². The van der Waals surface area contributed by atoms with Crippen molar-refractivity contribution in [3.63, 3.8) is 0 Å². The minimum absolute atomic E-state index is 0.0510. The Balaban J connectivity index is 2.09. The lowest BCUT2D eigenvalue weighted by atomic mass is 9.87. The maximum atomic E-state index is 12.5. The van der Waals surface area contributed by atoms with E-state index in [0.717, 1.165) is 23.9 Å². The van der Waals surface area contributed by atoms with Crippen LogP contribution in [0.4, 0.5) is 13.2 Å². The smallest absolute Gasteiger partial charge is 0.200 e. The Hall–Kier alpha value is -2.35. The van der Waals surface area contributed by atoms with Gasteiger partial charge in [0.15, 0.2) is 0 Å². The van der Waals surface area contributed by atoms with Crippen molar-refractivity contribution in [2.75, 3.05) is 0 Å². The zero-order valence-corrected chi connectivity index (χ0v) is 15.3. The molecular weight excluding hydrogens is 365 g/mol. The molecule has 2 rings (SSSR count). The van der Waals surface area contributed by atoms with Crippen LogP contribution in [0, 0.1) is 0 Å². The monoisotopic (exact) mass is 384 g/mol. The second kappa shape index (κ2) is 7.11. The van der Waals surface area contributed by atoms with E-state index in [0.29, 0.717) is 5.56 Å². The van der Waals surface area contributed by atoms with Gasteiger partial charge in [0, 0.05) is 0 Å². The Morgan fingerprint density at radius 1 is 0.885 bits per heavy atom. The number of alkyl halides is 3. The molecule has 2 aromatic carbocycles. The van der Waals surface area contributed by atoms with Crippen LogP contribution in [-0.4, -0.2) is 14.6 Å². The fourth-order valence-corrected chi connectivity index (χ4v) is 2.91. The minimum atomic E-state index is -4.42. The molecule has 0 amide bonds. The lowest BCUT2D eigenvalue weighted by Crippen LogP contribution is -2.19. The van der Waals surface area contributed by atoms with E-state index in [2.05, 4.69) is 5.10 Å². The highest BCUT2D eigenvalue weighted by molar-refractivity contribution is 7.89. The molecule has 26 heavy (non-hydrogen) atoms. The predicted octanol–water partition coefficient (Wildman–Crippen LogP) is 4.32. The van der Waals surface area contributed by atoms with Gasteiger partial charge in [-0.3, -0.25) is 0 Å². The lowest BCUT2D eigenvalue weighted by Gasteiger charge is -2.19. The van der Waals surface area contributed by atoms with Crippen LogP contribution in [0.5, 0.6) is 0 Å². The zero-order valence-electron chi connectivity index (χ0n) is 14.5. The Labute approximate surface area is 150 Å². The van der Waals surface area contributed by atoms with Gasteiger partial charge in [-0.1, -0.05) is 45.0 Å². The highest BCUT2D eigenvalue weighted by atomic mass is 32.2. The summed E-state index contributed by atoms with van der Waals surface area (Å²) in [7, 11) is -3.85. The number of rotatable bonds is 4. The quantitative estimate of drug-likeness (QED) is 0.631. The first kappa shape index (κ1) is 20.0. The summed E-state index contributed by atoms with van der Waals surface area (Å²) in [6.45, 7) is 6.05. The SMILES string of the molecule is CC(C)(C)c1ccc(S(=O)(=O)N/N=C\c2ccc(C(F)(F)F)cc2)cc1. The molecule has 2 aromatic rings. The van der Waals surface area contributed by atoms with Crippen molar-refractivity contribution >= 4 is 16.2 Å². The van der Waals surface area contributed by atoms with E-state index >= 15 is 0 Å². The molecule has 0 aliphatic heterocycles. The van der Waals surface area contributed by atoms with Crippen LogP contribution in [-0.2, 0) is 21.6 Å². The molecule has 0 unspecified atom stereocenters. The fraction of sp³-hybridized carbons (Fsp3) is 0.278. The van der Waals surface area contributed by atoms with Crippen molar-refractivity contribution in [1.82, 2.24) is 4.83 Å². The third kappa shape index (κ3) is 5.08. The normalized spacial score (nSPS) is 13.2. The van der Waals surface area contributed by atoms with Gasteiger partial charge >= 0.3 is 6.18 Å². The van der Waals surface area contributed by atoms with Gasteiger partial charge in [-0.05, 0) is 40.8 Å². The van der Waals surface area contributed by atoms with Gasteiger partial charge in [-0.2, -0.15) is 26.7 Å². The van der Waals surface area contributed by atoms with E-state index in [9.17, 15) is 21.6 Å². The molecule has 1 N–H and O–H groups in total. The van der Waals surface area contributed by atoms with Crippen LogP contribution in [0.2, 0.25) is 0 Å². The number of benzene rings is 2. The number of nitrogens with one attached hydrogen (secondary N) is 1. The summed E-state index contributed by atoms with van der Waals surface area (Å²) in [5.41, 5.74) is 0.443. The Bertz CT molecular complexity index is 880. The topological polar surface area (TPSA) is 58.5 Å². The molecule has 4 nitrogen and oxygen atoms in total. The van der Waals surface area contributed by atoms with Gasteiger partial charge in [0.2, 0.25) is 0 Å². The van der Waals surface area contributed by atoms with Gasteiger partial charge in [0.05, 0.1) is 16.7 Å². The number of halogens is 3. The summed E-state index contributed by atoms with van der Waals surface area (Å²) < 4.78 is 61.9. The van der Waals surface area contributed by atoms with Crippen molar-refractivity contribution in [2.24, 2.45) is 5.10 Å². The van der Waals surface area contributed by atoms with E-state index in [1.54, 1.807) is 12.1 Å². The summed E-state index contributed by atoms with van der Waals surface area (Å²) in [6, 6.07) is 10.6. The Kier molecular flexibility index (Phi) is 5.46. The third-order valence-corrected chi connectivity index (χ3v) is 4.89. The van der Waals surface area contributed by atoms with Crippen LogP contribution >= 0.6 is 0 Å². The van der Waals surface area contributed by atoms with Crippen molar-refractivity contribution in [3.05, 3.63) is 65.2 Å². The molecule has 0 atom stereocenters. The molecule has 0 fully saturated rings. The average molecular weight is 384 g/mol. The number of hydrogen-bond donors (Lipinski definition) is 1. The van der Waals surface area contributed by atoms with Gasteiger partial charge < -0.3 is 0 Å². The highest BCUT2D eigenvalue weighted by Gasteiger charge is 2.29. The van der Waals surface area contributed by atoms with Crippen LogP contribution < -0.4 is 4.83 Å². The van der Waals surface area contributed by atoms with E-state index in [1.165, 1.54) is 24.3 Å². The van der Waals surface area contributed by atoms with Gasteiger partial charge in [-0.25, -0.2) is 4.83 Å². The van der Waals surface area contributed by atoms with Crippen LogP contribution in [0.25, 0.3) is 0 Å². The molecular formula is C18H19F3N2O2S.